The van der Waals surface area contributed by atoms with Crippen LogP contribution in [0.2, 0.25) is 0 Å². The highest BCUT2D eigenvalue weighted by Crippen LogP contribution is 2.17. The van der Waals surface area contributed by atoms with E-state index in [-0.39, 0.29) is 10.9 Å². The van der Waals surface area contributed by atoms with Crippen LogP contribution < -0.4 is 11.1 Å². The van der Waals surface area contributed by atoms with E-state index in [4.69, 9.17) is 5.73 Å². The summed E-state index contributed by atoms with van der Waals surface area (Å²) in [6.45, 7) is 1.59. The van der Waals surface area contributed by atoms with Crippen LogP contribution in [0.3, 0.4) is 0 Å². The molecule has 20 heavy (non-hydrogen) atoms. The molecular weight excluding hydrogens is 274 g/mol. The van der Waals surface area contributed by atoms with Crippen molar-refractivity contribution in [1.29, 1.82) is 0 Å². The first-order valence-electron chi connectivity index (χ1n) is 6.06. The van der Waals surface area contributed by atoms with Gasteiger partial charge in [0.2, 0.25) is 5.91 Å². The molecule has 0 saturated carbocycles. The molecule has 1 aromatic carbocycles. The lowest BCUT2D eigenvalue weighted by molar-refractivity contribution is -0.115. The first kappa shape index (κ1) is 14.2. The number of nitrogen functional groups attached to an aromatic ring is 1. The maximum atomic E-state index is 12.3. The number of pyridine rings is 1. The number of carbonyl (C=O) groups is 1. The van der Waals surface area contributed by atoms with E-state index in [2.05, 4.69) is 10.3 Å². The Morgan fingerprint density at radius 3 is 2.60 bits per heavy atom. The second-order valence-electron chi connectivity index (χ2n) is 4.19. The van der Waals surface area contributed by atoms with Gasteiger partial charge in [0.1, 0.15) is 5.25 Å². The molecule has 0 bridgehead atoms. The maximum Gasteiger partial charge on any atom is 0.240 e. The summed E-state index contributed by atoms with van der Waals surface area (Å²) in [5.74, 6) is -0.334. The third kappa shape index (κ3) is 3.21. The van der Waals surface area contributed by atoms with E-state index < -0.39 is 16.0 Å². The molecule has 104 valence electrons. The topological polar surface area (TPSA) is 85.1 Å². The molecule has 2 atom stereocenters. The molecule has 2 aromatic rings. The van der Waals surface area contributed by atoms with E-state index >= 15 is 0 Å². The number of anilines is 2. The summed E-state index contributed by atoms with van der Waals surface area (Å²) in [4.78, 5) is 16.0. The Kier molecular flexibility index (Phi) is 4.47. The zero-order chi connectivity index (χ0) is 14.5. The second-order valence-corrected chi connectivity index (χ2v) is 5.88. The van der Waals surface area contributed by atoms with Crippen molar-refractivity contribution in [3.8, 4) is 0 Å². The molecule has 5 nitrogen and oxygen atoms in total. The Hall–Kier alpha value is -2.21. The maximum absolute atomic E-state index is 12.3. The number of aromatic nitrogens is 1. The van der Waals surface area contributed by atoms with Gasteiger partial charge in [0, 0.05) is 11.9 Å². The number of nitrogens with zero attached hydrogens (tertiary/aromatic N) is 1. The largest absolute Gasteiger partial charge is 0.396 e. The first-order chi connectivity index (χ1) is 9.59. The quantitative estimate of drug-likeness (QED) is 0.898. The monoisotopic (exact) mass is 289 g/mol. The minimum absolute atomic E-state index is 0.239. The van der Waals surface area contributed by atoms with Crippen LogP contribution in [0.4, 0.5) is 11.4 Å². The van der Waals surface area contributed by atoms with Crippen LogP contribution in [-0.4, -0.2) is 20.3 Å². The van der Waals surface area contributed by atoms with Crippen LogP contribution in [0.15, 0.2) is 53.7 Å². The summed E-state index contributed by atoms with van der Waals surface area (Å²) in [5.41, 5.74) is 6.71. The lowest BCUT2D eigenvalue weighted by atomic mass is 10.3. The van der Waals surface area contributed by atoms with Gasteiger partial charge in [-0.15, -0.1) is 0 Å². The third-order valence-corrected chi connectivity index (χ3v) is 4.30. The molecule has 0 aliphatic carbocycles. The molecule has 0 radical (unpaired) electrons. The molecule has 1 heterocycles. The number of carbonyl (C=O) groups excluding carboxylic acids is 1. The molecular formula is C14H15N3O2S. The molecule has 2 rings (SSSR count). The number of nitrogens with two attached hydrogens (primary N) is 1. The number of rotatable bonds is 4. The summed E-state index contributed by atoms with van der Waals surface area (Å²) in [5, 5.41) is 2.21. The van der Waals surface area contributed by atoms with Crippen molar-refractivity contribution in [2.45, 2.75) is 17.2 Å². The van der Waals surface area contributed by atoms with Crippen LogP contribution in [0.25, 0.3) is 0 Å². The molecule has 0 fully saturated rings. The van der Waals surface area contributed by atoms with Crippen molar-refractivity contribution in [3.05, 3.63) is 48.7 Å². The lowest BCUT2D eigenvalue weighted by Crippen LogP contribution is -2.29. The van der Waals surface area contributed by atoms with Crippen LogP contribution in [0.5, 0.6) is 0 Å². The summed E-state index contributed by atoms with van der Waals surface area (Å²) >= 11 is 0. The summed E-state index contributed by atoms with van der Waals surface area (Å²) in [7, 11) is -1.59. The van der Waals surface area contributed by atoms with Crippen LogP contribution in [0, 0.1) is 0 Å². The van der Waals surface area contributed by atoms with Gasteiger partial charge in [-0.3, -0.25) is 9.00 Å². The Labute approximate surface area is 119 Å². The van der Waals surface area contributed by atoms with Gasteiger partial charge in [-0.25, -0.2) is 4.98 Å². The van der Waals surface area contributed by atoms with E-state index in [1.807, 2.05) is 18.2 Å². The van der Waals surface area contributed by atoms with E-state index in [9.17, 15) is 9.00 Å². The molecule has 0 saturated heterocycles. The molecule has 6 heteroatoms. The highest BCUT2D eigenvalue weighted by Gasteiger charge is 2.23. The molecule has 0 aliphatic rings. The van der Waals surface area contributed by atoms with Crippen LogP contribution >= 0.6 is 0 Å². The van der Waals surface area contributed by atoms with Crippen molar-refractivity contribution < 1.29 is 9.00 Å². The molecule has 2 unspecified atom stereocenters. The summed E-state index contributed by atoms with van der Waals surface area (Å²) in [6.07, 6.45) is 1.51. The van der Waals surface area contributed by atoms with Gasteiger partial charge in [0.25, 0.3) is 0 Å². The average molecular weight is 289 g/mol. The fraction of sp³-hybridized carbons (Fsp3) is 0.143. The van der Waals surface area contributed by atoms with Gasteiger partial charge < -0.3 is 11.1 Å². The van der Waals surface area contributed by atoms with Gasteiger partial charge >= 0.3 is 0 Å². The van der Waals surface area contributed by atoms with E-state index in [1.165, 1.54) is 6.20 Å². The van der Waals surface area contributed by atoms with Gasteiger partial charge in [-0.05, 0) is 31.2 Å². The van der Waals surface area contributed by atoms with E-state index in [0.717, 1.165) is 0 Å². The Morgan fingerprint density at radius 2 is 1.95 bits per heavy atom. The molecule has 0 spiro atoms. The lowest BCUT2D eigenvalue weighted by Gasteiger charge is -2.12. The fourth-order valence-electron chi connectivity index (χ4n) is 1.60. The fourth-order valence-corrected chi connectivity index (χ4v) is 2.65. The van der Waals surface area contributed by atoms with E-state index in [0.29, 0.717) is 11.4 Å². The van der Waals surface area contributed by atoms with Crippen molar-refractivity contribution in [2.75, 3.05) is 11.1 Å². The van der Waals surface area contributed by atoms with Gasteiger partial charge in [0.15, 0.2) is 5.03 Å². The number of nitrogens with one attached hydrogen (secondary N) is 1. The van der Waals surface area contributed by atoms with E-state index in [1.54, 1.807) is 31.2 Å². The van der Waals surface area contributed by atoms with Crippen molar-refractivity contribution >= 4 is 28.1 Å². The Balaban J connectivity index is 2.11. The molecule has 1 amide bonds. The predicted octanol–water partition coefficient (Wildman–Crippen LogP) is 1.80. The van der Waals surface area contributed by atoms with Crippen molar-refractivity contribution in [1.82, 2.24) is 4.98 Å². The highest BCUT2D eigenvalue weighted by atomic mass is 32.2. The SMILES string of the molecule is CC(C(=O)Nc1ccccc1)S(=O)c1ncccc1N. The number of hydrogen-bond donors (Lipinski definition) is 2. The molecule has 1 aromatic heterocycles. The van der Waals surface area contributed by atoms with Crippen molar-refractivity contribution in [3.63, 3.8) is 0 Å². The minimum atomic E-state index is -1.59. The van der Waals surface area contributed by atoms with Crippen LogP contribution in [0.1, 0.15) is 6.92 Å². The smallest absolute Gasteiger partial charge is 0.240 e. The average Bonchev–Trinajstić information content (AvgIpc) is 2.47. The Morgan fingerprint density at radius 1 is 1.25 bits per heavy atom. The number of benzene rings is 1. The standard InChI is InChI=1S/C14H15N3O2S/c1-10(13(18)17-11-6-3-2-4-7-11)20(19)14-12(15)8-5-9-16-14/h2-10H,15H2,1H3,(H,17,18). The summed E-state index contributed by atoms with van der Waals surface area (Å²) < 4.78 is 12.3. The van der Waals surface area contributed by atoms with Gasteiger partial charge in [0.05, 0.1) is 16.5 Å². The first-order valence-corrected chi connectivity index (χ1v) is 7.28. The summed E-state index contributed by atoms with van der Waals surface area (Å²) in [6, 6.07) is 12.3. The second kappa shape index (κ2) is 6.29. The number of hydrogen-bond acceptors (Lipinski definition) is 4. The van der Waals surface area contributed by atoms with Crippen molar-refractivity contribution in [2.24, 2.45) is 0 Å². The van der Waals surface area contributed by atoms with Gasteiger partial charge in [-0.2, -0.15) is 0 Å². The van der Waals surface area contributed by atoms with Gasteiger partial charge in [-0.1, -0.05) is 18.2 Å². The minimum Gasteiger partial charge on any atom is -0.396 e. The molecule has 0 aliphatic heterocycles. The van der Waals surface area contributed by atoms with Crippen LogP contribution in [-0.2, 0) is 15.6 Å². The zero-order valence-electron chi connectivity index (χ0n) is 10.9. The highest BCUT2D eigenvalue weighted by molar-refractivity contribution is 7.86. The third-order valence-electron chi connectivity index (χ3n) is 2.72. The number of amides is 1. The normalized spacial score (nSPS) is 13.4. The molecule has 3 N–H and O–H groups in total. The zero-order valence-corrected chi connectivity index (χ0v) is 11.8. The number of para-hydroxylation sites is 1. The Bertz CT molecular complexity index is 631. The predicted molar refractivity (Wildman–Crippen MR) is 79.6 cm³/mol.